The Bertz CT molecular complexity index is 757. The molecule has 0 aliphatic heterocycles. The minimum absolute atomic E-state index is 0.677. The summed E-state index contributed by atoms with van der Waals surface area (Å²) < 4.78 is 0. The fourth-order valence-electron chi connectivity index (χ4n) is 3.57. The fourth-order valence-corrected chi connectivity index (χ4v) is 3.57. The third kappa shape index (κ3) is 2.57. The third-order valence-corrected chi connectivity index (χ3v) is 4.81. The summed E-state index contributed by atoms with van der Waals surface area (Å²) in [5.41, 5.74) is 7.21. The van der Waals surface area contributed by atoms with E-state index >= 15 is 0 Å². The summed E-state index contributed by atoms with van der Waals surface area (Å²) in [5.74, 6) is 0.677. The van der Waals surface area contributed by atoms with Gasteiger partial charge in [-0.25, -0.2) is 0 Å². The third-order valence-electron chi connectivity index (χ3n) is 4.81. The Morgan fingerprint density at radius 3 is 2.14 bits per heavy atom. The van der Waals surface area contributed by atoms with Crippen molar-refractivity contribution in [3.05, 3.63) is 95.6 Å². The second-order valence-electron chi connectivity index (χ2n) is 6.20. The first kappa shape index (κ1) is 13.3. The monoisotopic (exact) mass is 284 g/mol. The molecule has 1 atom stereocenters. The predicted octanol–water partition coefficient (Wildman–Crippen LogP) is 5.63. The smallest absolute Gasteiger partial charge is 0.0118 e. The number of rotatable bonds is 2. The van der Waals surface area contributed by atoms with Crippen molar-refractivity contribution in [2.24, 2.45) is 0 Å². The minimum atomic E-state index is 0.677. The first-order valence-corrected chi connectivity index (χ1v) is 8.12. The molecular weight excluding hydrogens is 264 g/mol. The van der Waals surface area contributed by atoms with Crippen molar-refractivity contribution < 1.29 is 0 Å². The maximum Gasteiger partial charge on any atom is -0.0118 e. The van der Waals surface area contributed by atoms with Crippen LogP contribution in [-0.4, -0.2) is 0 Å². The van der Waals surface area contributed by atoms with Gasteiger partial charge in [0.2, 0.25) is 0 Å². The highest BCUT2D eigenvalue weighted by Gasteiger charge is 2.20. The van der Waals surface area contributed by atoms with Crippen LogP contribution in [-0.2, 0) is 12.8 Å². The Kier molecular flexibility index (Phi) is 3.52. The van der Waals surface area contributed by atoms with E-state index in [1.807, 2.05) is 0 Å². The SMILES string of the molecule is c1ccc(-c2ccc3c(c2)CCC(c2ccccc2)C3)cc1. The molecule has 4 rings (SSSR count). The fraction of sp³-hybridized carbons (Fsp3) is 0.182. The van der Waals surface area contributed by atoms with E-state index in [9.17, 15) is 0 Å². The average molecular weight is 284 g/mol. The molecule has 108 valence electrons. The van der Waals surface area contributed by atoms with Crippen LogP contribution in [0.1, 0.15) is 29.0 Å². The molecule has 1 unspecified atom stereocenters. The van der Waals surface area contributed by atoms with E-state index in [-0.39, 0.29) is 0 Å². The van der Waals surface area contributed by atoms with Gasteiger partial charge in [-0.05, 0) is 53.0 Å². The number of hydrogen-bond donors (Lipinski definition) is 0. The molecule has 0 bridgehead atoms. The zero-order valence-electron chi connectivity index (χ0n) is 12.7. The highest BCUT2D eigenvalue weighted by atomic mass is 14.2. The molecule has 0 spiro atoms. The van der Waals surface area contributed by atoms with Crippen molar-refractivity contribution in [3.8, 4) is 11.1 Å². The molecule has 1 aliphatic rings. The summed E-state index contributed by atoms with van der Waals surface area (Å²) in [7, 11) is 0. The van der Waals surface area contributed by atoms with Gasteiger partial charge in [-0.3, -0.25) is 0 Å². The van der Waals surface area contributed by atoms with Crippen molar-refractivity contribution in [2.45, 2.75) is 25.2 Å². The lowest BCUT2D eigenvalue weighted by molar-refractivity contribution is 0.585. The van der Waals surface area contributed by atoms with E-state index in [1.54, 1.807) is 0 Å². The molecule has 3 aromatic rings. The lowest BCUT2D eigenvalue weighted by Crippen LogP contribution is -2.12. The Balaban J connectivity index is 1.62. The Morgan fingerprint density at radius 2 is 1.36 bits per heavy atom. The first-order valence-electron chi connectivity index (χ1n) is 8.12. The molecule has 22 heavy (non-hydrogen) atoms. The van der Waals surface area contributed by atoms with Crippen molar-refractivity contribution in [2.75, 3.05) is 0 Å². The van der Waals surface area contributed by atoms with Crippen LogP contribution in [0.5, 0.6) is 0 Å². The Morgan fingerprint density at radius 1 is 0.636 bits per heavy atom. The molecule has 0 amide bonds. The van der Waals surface area contributed by atoms with E-state index < -0.39 is 0 Å². The normalized spacial score (nSPS) is 17.0. The number of fused-ring (bicyclic) bond motifs is 1. The van der Waals surface area contributed by atoms with Gasteiger partial charge in [0.1, 0.15) is 0 Å². The van der Waals surface area contributed by atoms with Crippen LogP contribution < -0.4 is 0 Å². The summed E-state index contributed by atoms with van der Waals surface area (Å²) in [6.07, 6.45) is 3.62. The van der Waals surface area contributed by atoms with Gasteiger partial charge in [-0.15, -0.1) is 0 Å². The molecular formula is C22H20. The lowest BCUT2D eigenvalue weighted by Gasteiger charge is -2.25. The quantitative estimate of drug-likeness (QED) is 0.572. The first-order chi connectivity index (χ1) is 10.9. The summed E-state index contributed by atoms with van der Waals surface area (Å²) in [5, 5.41) is 0. The van der Waals surface area contributed by atoms with Crippen LogP contribution in [0.3, 0.4) is 0 Å². The molecule has 0 heteroatoms. The van der Waals surface area contributed by atoms with Crippen LogP contribution in [0.25, 0.3) is 11.1 Å². The van der Waals surface area contributed by atoms with Gasteiger partial charge in [0.15, 0.2) is 0 Å². The molecule has 3 aromatic carbocycles. The van der Waals surface area contributed by atoms with Gasteiger partial charge in [0.05, 0.1) is 0 Å². The van der Waals surface area contributed by atoms with Crippen LogP contribution in [0.2, 0.25) is 0 Å². The van der Waals surface area contributed by atoms with Crippen molar-refractivity contribution in [1.82, 2.24) is 0 Å². The topological polar surface area (TPSA) is 0 Å². The van der Waals surface area contributed by atoms with Gasteiger partial charge < -0.3 is 0 Å². The number of aryl methyl sites for hydroxylation is 1. The van der Waals surface area contributed by atoms with E-state index in [0.29, 0.717) is 5.92 Å². The summed E-state index contributed by atoms with van der Waals surface area (Å²) >= 11 is 0. The predicted molar refractivity (Wildman–Crippen MR) is 93.1 cm³/mol. The average Bonchev–Trinajstić information content (AvgIpc) is 2.62. The molecule has 0 saturated heterocycles. The van der Waals surface area contributed by atoms with Gasteiger partial charge in [-0.1, -0.05) is 78.9 Å². The zero-order chi connectivity index (χ0) is 14.8. The van der Waals surface area contributed by atoms with E-state index in [4.69, 9.17) is 0 Å². The lowest BCUT2D eigenvalue weighted by atomic mass is 9.79. The highest BCUT2D eigenvalue weighted by molar-refractivity contribution is 5.65. The van der Waals surface area contributed by atoms with E-state index in [2.05, 4.69) is 78.9 Å². The number of hydrogen-bond acceptors (Lipinski definition) is 0. The summed E-state index contributed by atoms with van der Waals surface area (Å²) in [6.45, 7) is 0. The van der Waals surface area contributed by atoms with Gasteiger partial charge in [0.25, 0.3) is 0 Å². The molecule has 1 aliphatic carbocycles. The molecule has 0 fully saturated rings. The number of benzene rings is 3. The maximum absolute atomic E-state index is 2.39. The second-order valence-corrected chi connectivity index (χ2v) is 6.20. The Labute approximate surface area is 132 Å². The molecule has 0 saturated carbocycles. The van der Waals surface area contributed by atoms with Gasteiger partial charge in [-0.2, -0.15) is 0 Å². The van der Waals surface area contributed by atoms with E-state index in [1.165, 1.54) is 47.1 Å². The Hall–Kier alpha value is -2.34. The molecule has 0 radical (unpaired) electrons. The van der Waals surface area contributed by atoms with E-state index in [0.717, 1.165) is 0 Å². The van der Waals surface area contributed by atoms with Crippen molar-refractivity contribution in [3.63, 3.8) is 0 Å². The van der Waals surface area contributed by atoms with Crippen LogP contribution in [0.4, 0.5) is 0 Å². The molecule has 0 N–H and O–H groups in total. The summed E-state index contributed by atoms with van der Waals surface area (Å²) in [4.78, 5) is 0. The zero-order valence-corrected chi connectivity index (χ0v) is 12.7. The van der Waals surface area contributed by atoms with Crippen molar-refractivity contribution >= 4 is 0 Å². The van der Waals surface area contributed by atoms with Gasteiger partial charge in [0, 0.05) is 0 Å². The summed E-state index contributed by atoms with van der Waals surface area (Å²) in [6, 6.07) is 28.7. The van der Waals surface area contributed by atoms with Gasteiger partial charge >= 0.3 is 0 Å². The van der Waals surface area contributed by atoms with Crippen molar-refractivity contribution in [1.29, 1.82) is 0 Å². The molecule has 0 nitrogen and oxygen atoms in total. The largest absolute Gasteiger partial charge is 0.0622 e. The maximum atomic E-state index is 2.39. The molecule has 0 aromatic heterocycles. The molecule has 0 heterocycles. The highest BCUT2D eigenvalue weighted by Crippen LogP contribution is 2.34. The van der Waals surface area contributed by atoms with Crippen LogP contribution in [0, 0.1) is 0 Å². The standard InChI is InChI=1S/C22H20/c1-3-7-17(8-4-1)19-11-13-22-16-20(12-14-21(22)15-19)18-9-5-2-6-10-18/h1-11,13,15,20H,12,14,16H2. The van der Waals surface area contributed by atoms with Crippen LogP contribution >= 0.6 is 0 Å². The second kappa shape index (κ2) is 5.81. The minimum Gasteiger partial charge on any atom is -0.0622 e. The van der Waals surface area contributed by atoms with Crippen LogP contribution in [0.15, 0.2) is 78.9 Å².